The molecular weight excluding hydrogens is 262 g/mol. The van der Waals surface area contributed by atoms with Crippen LogP contribution in [0.25, 0.3) is 0 Å². The van der Waals surface area contributed by atoms with Crippen LogP contribution < -0.4 is 5.32 Å². The van der Waals surface area contributed by atoms with Gasteiger partial charge in [-0.2, -0.15) is 0 Å². The van der Waals surface area contributed by atoms with Crippen LogP contribution in [-0.4, -0.2) is 17.0 Å². The predicted octanol–water partition coefficient (Wildman–Crippen LogP) is 1.71. The first-order valence-electron chi connectivity index (χ1n) is 4.40. The first-order valence-corrected chi connectivity index (χ1v) is 5.19. The van der Waals surface area contributed by atoms with E-state index in [9.17, 15) is 9.59 Å². The van der Waals surface area contributed by atoms with Crippen LogP contribution in [0.2, 0.25) is 0 Å². The van der Waals surface area contributed by atoms with Gasteiger partial charge in [0.1, 0.15) is 0 Å². The number of nitrogens with one attached hydrogen (secondary N) is 1. The van der Waals surface area contributed by atoms with Gasteiger partial charge in [-0.05, 0) is 23.8 Å². The largest absolute Gasteiger partial charge is 0.481 e. The molecule has 1 aromatic carbocycles. The van der Waals surface area contributed by atoms with Crippen molar-refractivity contribution in [3.05, 3.63) is 33.8 Å². The van der Waals surface area contributed by atoms with Crippen LogP contribution in [0.15, 0.2) is 22.7 Å². The quantitative estimate of drug-likeness (QED) is 0.859. The molecule has 1 amide bonds. The Morgan fingerprint density at radius 1 is 1.53 bits per heavy atom. The number of hydrogen-bond donors (Lipinski definition) is 2. The molecular formula is C10H8BrNO3. The van der Waals surface area contributed by atoms with Crippen LogP contribution in [0.1, 0.15) is 28.4 Å². The van der Waals surface area contributed by atoms with Crippen molar-refractivity contribution in [3.8, 4) is 0 Å². The number of carboxylic acid groups (broad SMARTS) is 1. The van der Waals surface area contributed by atoms with Crippen LogP contribution in [0.5, 0.6) is 0 Å². The van der Waals surface area contributed by atoms with Crippen LogP contribution in [0.4, 0.5) is 0 Å². The van der Waals surface area contributed by atoms with E-state index in [0.717, 1.165) is 10.0 Å². The molecule has 0 saturated carbocycles. The molecule has 4 nitrogen and oxygen atoms in total. The molecule has 2 rings (SSSR count). The first-order chi connectivity index (χ1) is 7.08. The third-order valence-corrected chi connectivity index (χ3v) is 2.81. The Kier molecular flexibility index (Phi) is 2.48. The Morgan fingerprint density at radius 3 is 2.93 bits per heavy atom. The summed E-state index contributed by atoms with van der Waals surface area (Å²) >= 11 is 3.29. The maximum absolute atomic E-state index is 11.4. The van der Waals surface area contributed by atoms with Gasteiger partial charge in [-0.3, -0.25) is 9.59 Å². The lowest BCUT2D eigenvalue weighted by molar-refractivity contribution is -0.137. The second kappa shape index (κ2) is 3.66. The standard InChI is InChI=1S/C10H8BrNO3/c11-5-1-2-6-7(3-5)8(4-9(13)14)12-10(6)15/h1-3,8H,4H2,(H,12,15)(H,13,14)/t8-/m1/s1. The summed E-state index contributed by atoms with van der Waals surface area (Å²) in [6.07, 6.45) is -0.0881. The van der Waals surface area contributed by atoms with E-state index in [-0.39, 0.29) is 12.3 Å². The van der Waals surface area contributed by atoms with Crippen molar-refractivity contribution in [3.63, 3.8) is 0 Å². The summed E-state index contributed by atoms with van der Waals surface area (Å²) in [7, 11) is 0. The molecule has 0 aromatic heterocycles. The fourth-order valence-corrected chi connectivity index (χ4v) is 2.06. The lowest BCUT2D eigenvalue weighted by Gasteiger charge is -2.08. The van der Waals surface area contributed by atoms with Crippen LogP contribution >= 0.6 is 15.9 Å². The molecule has 1 heterocycles. The van der Waals surface area contributed by atoms with E-state index in [1.165, 1.54) is 0 Å². The minimum absolute atomic E-state index is 0.0881. The Hall–Kier alpha value is -1.36. The molecule has 5 heteroatoms. The summed E-state index contributed by atoms with van der Waals surface area (Å²) in [6, 6.07) is 4.82. The average Bonchev–Trinajstić information content (AvgIpc) is 2.42. The highest BCUT2D eigenvalue weighted by Crippen LogP contribution is 2.30. The van der Waals surface area contributed by atoms with E-state index in [1.54, 1.807) is 18.2 Å². The van der Waals surface area contributed by atoms with E-state index >= 15 is 0 Å². The predicted molar refractivity (Wildman–Crippen MR) is 56.6 cm³/mol. The zero-order valence-corrected chi connectivity index (χ0v) is 9.24. The molecule has 0 aliphatic carbocycles. The third-order valence-electron chi connectivity index (χ3n) is 2.32. The summed E-state index contributed by atoms with van der Waals surface area (Å²) in [5.41, 5.74) is 1.31. The van der Waals surface area contributed by atoms with Gasteiger partial charge in [-0.15, -0.1) is 0 Å². The number of benzene rings is 1. The number of carbonyl (C=O) groups excluding carboxylic acids is 1. The zero-order chi connectivity index (χ0) is 11.0. The van der Waals surface area contributed by atoms with Crippen LogP contribution in [-0.2, 0) is 4.79 Å². The van der Waals surface area contributed by atoms with Gasteiger partial charge < -0.3 is 10.4 Å². The molecule has 78 valence electrons. The molecule has 0 bridgehead atoms. The third kappa shape index (κ3) is 1.87. The highest BCUT2D eigenvalue weighted by molar-refractivity contribution is 9.10. The molecule has 15 heavy (non-hydrogen) atoms. The number of fused-ring (bicyclic) bond motifs is 1. The van der Waals surface area contributed by atoms with Gasteiger partial charge in [-0.25, -0.2) is 0 Å². The first kappa shape index (κ1) is 10.2. The molecule has 2 N–H and O–H groups in total. The Labute approximate surface area is 94.4 Å². The Balaban J connectivity index is 2.39. The van der Waals surface area contributed by atoms with E-state index < -0.39 is 12.0 Å². The molecule has 1 atom stereocenters. The van der Waals surface area contributed by atoms with Crippen molar-refractivity contribution >= 4 is 27.8 Å². The number of hydrogen-bond acceptors (Lipinski definition) is 2. The van der Waals surface area contributed by atoms with Crippen LogP contribution in [0, 0.1) is 0 Å². The fraction of sp³-hybridized carbons (Fsp3) is 0.200. The van der Waals surface area contributed by atoms with Gasteiger partial charge in [0.25, 0.3) is 5.91 Å². The molecule has 0 spiro atoms. The molecule has 0 radical (unpaired) electrons. The van der Waals surface area contributed by atoms with Gasteiger partial charge in [0, 0.05) is 10.0 Å². The number of amides is 1. The Morgan fingerprint density at radius 2 is 2.27 bits per heavy atom. The Bertz CT molecular complexity index is 442. The maximum Gasteiger partial charge on any atom is 0.305 e. The second-order valence-corrected chi connectivity index (χ2v) is 4.27. The van der Waals surface area contributed by atoms with Gasteiger partial charge in [0.05, 0.1) is 12.5 Å². The average molecular weight is 270 g/mol. The van der Waals surface area contributed by atoms with Crippen molar-refractivity contribution in [2.45, 2.75) is 12.5 Å². The lowest BCUT2D eigenvalue weighted by atomic mass is 10.0. The van der Waals surface area contributed by atoms with Gasteiger partial charge in [0.2, 0.25) is 0 Å². The fourth-order valence-electron chi connectivity index (χ4n) is 1.68. The van der Waals surface area contributed by atoms with Crippen molar-refractivity contribution in [2.75, 3.05) is 0 Å². The SMILES string of the molecule is O=C(O)C[C@H]1NC(=O)c2ccc(Br)cc21. The molecule has 1 aliphatic heterocycles. The number of carboxylic acids is 1. The zero-order valence-electron chi connectivity index (χ0n) is 7.66. The lowest BCUT2D eigenvalue weighted by Crippen LogP contribution is -2.21. The number of aliphatic carboxylic acids is 1. The van der Waals surface area contributed by atoms with Crippen molar-refractivity contribution in [1.29, 1.82) is 0 Å². The molecule has 1 aromatic rings. The monoisotopic (exact) mass is 269 g/mol. The van der Waals surface area contributed by atoms with E-state index in [1.807, 2.05) is 0 Å². The molecule has 0 unspecified atom stereocenters. The summed E-state index contributed by atoms with van der Waals surface area (Å²) in [5, 5.41) is 11.3. The van der Waals surface area contributed by atoms with Gasteiger partial charge >= 0.3 is 5.97 Å². The summed E-state index contributed by atoms with van der Waals surface area (Å²) in [6.45, 7) is 0. The minimum atomic E-state index is -0.923. The summed E-state index contributed by atoms with van der Waals surface area (Å²) in [5.74, 6) is -1.13. The molecule has 1 aliphatic rings. The number of carbonyl (C=O) groups is 2. The smallest absolute Gasteiger partial charge is 0.305 e. The van der Waals surface area contributed by atoms with E-state index in [0.29, 0.717) is 5.56 Å². The topological polar surface area (TPSA) is 66.4 Å². The van der Waals surface area contributed by atoms with E-state index in [2.05, 4.69) is 21.2 Å². The minimum Gasteiger partial charge on any atom is -0.481 e. The second-order valence-electron chi connectivity index (χ2n) is 3.36. The van der Waals surface area contributed by atoms with Crippen molar-refractivity contribution in [1.82, 2.24) is 5.32 Å². The van der Waals surface area contributed by atoms with Gasteiger partial charge in [-0.1, -0.05) is 15.9 Å². The van der Waals surface area contributed by atoms with Crippen molar-refractivity contribution in [2.24, 2.45) is 0 Å². The highest BCUT2D eigenvalue weighted by atomic mass is 79.9. The highest BCUT2D eigenvalue weighted by Gasteiger charge is 2.29. The molecule has 0 fully saturated rings. The van der Waals surface area contributed by atoms with Crippen LogP contribution in [0.3, 0.4) is 0 Å². The number of rotatable bonds is 2. The maximum atomic E-state index is 11.4. The van der Waals surface area contributed by atoms with Gasteiger partial charge in [0.15, 0.2) is 0 Å². The summed E-state index contributed by atoms with van der Waals surface area (Å²) in [4.78, 5) is 22.0. The van der Waals surface area contributed by atoms with Crippen molar-refractivity contribution < 1.29 is 14.7 Å². The molecule has 0 saturated heterocycles. The number of halogens is 1. The summed E-state index contributed by atoms with van der Waals surface area (Å²) < 4.78 is 0.841. The van der Waals surface area contributed by atoms with E-state index in [4.69, 9.17) is 5.11 Å². The normalized spacial score (nSPS) is 18.5.